The maximum Gasteiger partial charge on any atom is 0.246 e. The molecule has 158 valence electrons. The lowest BCUT2D eigenvalue weighted by atomic mass is 10.0. The fourth-order valence-electron chi connectivity index (χ4n) is 3.70. The van der Waals surface area contributed by atoms with E-state index in [9.17, 15) is 9.18 Å². The van der Waals surface area contributed by atoms with Gasteiger partial charge in [-0.2, -0.15) is 0 Å². The number of aromatic nitrogens is 2. The van der Waals surface area contributed by atoms with Gasteiger partial charge in [0.25, 0.3) is 0 Å². The number of hydrogen-bond acceptors (Lipinski definition) is 3. The second-order valence-electron chi connectivity index (χ2n) is 7.98. The Kier molecular flexibility index (Phi) is 5.82. The molecule has 0 aliphatic heterocycles. The molecule has 0 aliphatic carbocycles. The van der Waals surface area contributed by atoms with E-state index in [0.717, 1.165) is 28.0 Å². The number of benzene rings is 3. The van der Waals surface area contributed by atoms with Crippen molar-refractivity contribution in [2.75, 3.05) is 19.4 Å². The van der Waals surface area contributed by atoms with Gasteiger partial charge in [-0.25, -0.2) is 9.37 Å². The summed E-state index contributed by atoms with van der Waals surface area (Å²) >= 11 is 0. The molecule has 0 bridgehead atoms. The molecule has 0 saturated heterocycles. The van der Waals surface area contributed by atoms with Crippen LogP contribution in [0.15, 0.2) is 66.7 Å². The van der Waals surface area contributed by atoms with Crippen LogP contribution in [0, 0.1) is 12.7 Å². The van der Waals surface area contributed by atoms with E-state index >= 15 is 0 Å². The number of rotatable bonds is 6. The lowest BCUT2D eigenvalue weighted by Gasteiger charge is -2.24. The van der Waals surface area contributed by atoms with E-state index in [-0.39, 0.29) is 11.7 Å². The highest BCUT2D eigenvalue weighted by atomic mass is 19.1. The van der Waals surface area contributed by atoms with Gasteiger partial charge in [-0.05, 0) is 74.1 Å². The van der Waals surface area contributed by atoms with Gasteiger partial charge < -0.3 is 10.3 Å². The van der Waals surface area contributed by atoms with Crippen molar-refractivity contribution in [3.63, 3.8) is 0 Å². The predicted molar refractivity (Wildman–Crippen MR) is 122 cm³/mol. The van der Waals surface area contributed by atoms with E-state index in [4.69, 9.17) is 0 Å². The van der Waals surface area contributed by atoms with Crippen molar-refractivity contribution in [1.82, 2.24) is 14.9 Å². The Bertz CT molecular complexity index is 1200. The number of fused-ring (bicyclic) bond motifs is 1. The van der Waals surface area contributed by atoms with Gasteiger partial charge in [0.05, 0.1) is 11.0 Å². The first-order chi connectivity index (χ1) is 14.9. The van der Waals surface area contributed by atoms with Crippen LogP contribution in [0.1, 0.15) is 28.6 Å². The second-order valence-corrected chi connectivity index (χ2v) is 7.98. The van der Waals surface area contributed by atoms with Gasteiger partial charge in [0, 0.05) is 12.1 Å². The third-order valence-corrected chi connectivity index (χ3v) is 5.23. The minimum absolute atomic E-state index is 0.169. The van der Waals surface area contributed by atoms with E-state index in [1.807, 2.05) is 44.4 Å². The van der Waals surface area contributed by atoms with Crippen LogP contribution < -0.4 is 5.32 Å². The predicted octanol–water partition coefficient (Wildman–Crippen LogP) is 4.84. The molecule has 0 saturated carbocycles. The summed E-state index contributed by atoms with van der Waals surface area (Å²) in [6.45, 7) is 2.06. The molecular weight excluding hydrogens is 391 g/mol. The zero-order valence-corrected chi connectivity index (χ0v) is 17.8. The standard InChI is InChI=1S/C25H25FN4O/c1-16-4-13-21-22(14-16)29-23(28-21)15-17-5-11-20(12-6-17)27-25(31)24(30(2)3)18-7-9-19(26)10-8-18/h4-14,24H,15H2,1-3H3,(H,27,31)(H,28,29)/t24-/m1/s1. The molecule has 0 aliphatic rings. The number of likely N-dealkylation sites (N-methyl/N-ethyl adjacent to an activating group) is 1. The molecule has 4 aromatic rings. The van der Waals surface area contributed by atoms with Crippen LogP contribution in [-0.2, 0) is 11.2 Å². The third kappa shape index (κ3) is 4.81. The molecule has 0 spiro atoms. The third-order valence-electron chi connectivity index (χ3n) is 5.23. The number of imidazole rings is 1. The number of nitrogens with zero attached hydrogens (tertiary/aromatic N) is 2. The molecule has 1 heterocycles. The normalized spacial score (nSPS) is 12.3. The number of aryl methyl sites for hydroxylation is 1. The van der Waals surface area contributed by atoms with Crippen molar-refractivity contribution in [3.05, 3.63) is 95.1 Å². The van der Waals surface area contributed by atoms with Crippen molar-refractivity contribution in [2.45, 2.75) is 19.4 Å². The van der Waals surface area contributed by atoms with Crippen LogP contribution in [0.3, 0.4) is 0 Å². The number of carbonyl (C=O) groups is 1. The first kappa shape index (κ1) is 20.8. The Morgan fingerprint density at radius 1 is 1.06 bits per heavy atom. The molecule has 0 radical (unpaired) electrons. The topological polar surface area (TPSA) is 61.0 Å². The summed E-state index contributed by atoms with van der Waals surface area (Å²) in [6, 6.07) is 19.4. The Morgan fingerprint density at radius 3 is 2.45 bits per heavy atom. The van der Waals surface area contributed by atoms with E-state index < -0.39 is 6.04 Å². The average molecular weight is 417 g/mol. The van der Waals surface area contributed by atoms with Crippen molar-refractivity contribution in [1.29, 1.82) is 0 Å². The summed E-state index contributed by atoms with van der Waals surface area (Å²) < 4.78 is 13.3. The van der Waals surface area contributed by atoms with Crippen LogP contribution in [0.4, 0.5) is 10.1 Å². The van der Waals surface area contributed by atoms with Crippen LogP contribution in [0.5, 0.6) is 0 Å². The van der Waals surface area contributed by atoms with E-state index in [0.29, 0.717) is 12.1 Å². The first-order valence-corrected chi connectivity index (χ1v) is 10.2. The summed E-state index contributed by atoms with van der Waals surface area (Å²) in [6.07, 6.45) is 0.678. The number of H-pyrrole nitrogens is 1. The highest BCUT2D eigenvalue weighted by molar-refractivity contribution is 5.95. The zero-order chi connectivity index (χ0) is 22.0. The Labute approximate surface area is 180 Å². The van der Waals surface area contributed by atoms with Gasteiger partial charge in [-0.1, -0.05) is 30.3 Å². The molecular formula is C25H25FN4O. The van der Waals surface area contributed by atoms with Crippen LogP contribution in [0.2, 0.25) is 0 Å². The smallest absolute Gasteiger partial charge is 0.246 e. The van der Waals surface area contributed by atoms with Crippen molar-refractivity contribution in [2.24, 2.45) is 0 Å². The van der Waals surface area contributed by atoms with Gasteiger partial charge in [0.15, 0.2) is 0 Å². The summed E-state index contributed by atoms with van der Waals surface area (Å²) in [5.41, 5.74) is 5.73. The first-order valence-electron chi connectivity index (χ1n) is 10.2. The number of carbonyl (C=O) groups excluding carboxylic acids is 1. The van der Waals surface area contributed by atoms with E-state index in [1.165, 1.54) is 17.7 Å². The number of aromatic amines is 1. The van der Waals surface area contributed by atoms with Gasteiger partial charge >= 0.3 is 0 Å². The van der Waals surface area contributed by atoms with E-state index in [2.05, 4.69) is 34.3 Å². The summed E-state index contributed by atoms with van der Waals surface area (Å²) in [7, 11) is 3.65. The fourth-order valence-corrected chi connectivity index (χ4v) is 3.70. The number of anilines is 1. The Balaban J connectivity index is 1.45. The van der Waals surface area contributed by atoms with Crippen molar-refractivity contribution >= 4 is 22.6 Å². The fraction of sp³-hybridized carbons (Fsp3) is 0.200. The monoisotopic (exact) mass is 416 g/mol. The minimum atomic E-state index is -0.515. The maximum absolute atomic E-state index is 13.3. The minimum Gasteiger partial charge on any atom is -0.342 e. The molecule has 1 amide bonds. The largest absolute Gasteiger partial charge is 0.342 e. The molecule has 1 atom stereocenters. The van der Waals surface area contributed by atoms with Crippen LogP contribution >= 0.6 is 0 Å². The molecule has 5 nitrogen and oxygen atoms in total. The number of halogens is 1. The molecule has 0 unspecified atom stereocenters. The van der Waals surface area contributed by atoms with Gasteiger partial charge in [-0.15, -0.1) is 0 Å². The number of nitrogens with one attached hydrogen (secondary N) is 2. The molecule has 3 aromatic carbocycles. The van der Waals surface area contributed by atoms with Gasteiger partial charge in [-0.3, -0.25) is 9.69 Å². The van der Waals surface area contributed by atoms with Crippen molar-refractivity contribution in [3.8, 4) is 0 Å². The Morgan fingerprint density at radius 2 is 1.77 bits per heavy atom. The molecule has 6 heteroatoms. The van der Waals surface area contributed by atoms with Crippen LogP contribution in [-0.4, -0.2) is 34.9 Å². The van der Waals surface area contributed by atoms with Crippen molar-refractivity contribution < 1.29 is 9.18 Å². The van der Waals surface area contributed by atoms with Gasteiger partial charge in [0.2, 0.25) is 5.91 Å². The summed E-state index contributed by atoms with van der Waals surface area (Å²) in [4.78, 5) is 22.7. The average Bonchev–Trinajstić information content (AvgIpc) is 3.12. The molecule has 0 fully saturated rings. The number of hydrogen-bond donors (Lipinski definition) is 2. The van der Waals surface area contributed by atoms with E-state index in [1.54, 1.807) is 17.0 Å². The lowest BCUT2D eigenvalue weighted by molar-refractivity contribution is -0.120. The highest BCUT2D eigenvalue weighted by Crippen LogP contribution is 2.22. The molecule has 4 rings (SSSR count). The quantitative estimate of drug-likeness (QED) is 0.473. The zero-order valence-electron chi connectivity index (χ0n) is 17.8. The highest BCUT2D eigenvalue weighted by Gasteiger charge is 2.23. The summed E-state index contributed by atoms with van der Waals surface area (Å²) in [5, 5.41) is 2.96. The molecule has 31 heavy (non-hydrogen) atoms. The molecule has 2 N–H and O–H groups in total. The number of amides is 1. The van der Waals surface area contributed by atoms with Crippen LogP contribution in [0.25, 0.3) is 11.0 Å². The SMILES string of the molecule is Cc1ccc2nc(Cc3ccc(NC(=O)[C@@H](c4ccc(F)cc4)N(C)C)cc3)[nH]c2c1. The molecule has 1 aromatic heterocycles. The Hall–Kier alpha value is -3.51. The second kappa shape index (κ2) is 8.70. The van der Waals surface area contributed by atoms with Gasteiger partial charge in [0.1, 0.15) is 17.7 Å². The summed E-state index contributed by atoms with van der Waals surface area (Å²) in [5.74, 6) is 0.412. The maximum atomic E-state index is 13.3. The lowest BCUT2D eigenvalue weighted by Crippen LogP contribution is -2.32.